The van der Waals surface area contributed by atoms with E-state index in [1.807, 2.05) is 0 Å². The van der Waals surface area contributed by atoms with Crippen LogP contribution in [0.5, 0.6) is 5.75 Å². The van der Waals surface area contributed by atoms with Gasteiger partial charge in [-0.25, -0.2) is 4.79 Å². The molecule has 9 nitrogen and oxygen atoms in total. The van der Waals surface area contributed by atoms with E-state index in [4.69, 9.17) is 4.74 Å². The first-order valence-corrected chi connectivity index (χ1v) is 11.4. The summed E-state index contributed by atoms with van der Waals surface area (Å²) < 4.78 is 5.88. The van der Waals surface area contributed by atoms with Gasteiger partial charge in [0.1, 0.15) is 11.8 Å². The van der Waals surface area contributed by atoms with Crippen LogP contribution in [-0.2, 0) is 19.8 Å². The molecule has 0 radical (unpaired) electrons. The number of carbonyl (C=O) groups is 4. The monoisotopic (exact) mass is 438 g/mol. The van der Waals surface area contributed by atoms with Crippen LogP contribution >= 0.6 is 0 Å². The molecule has 9 heteroatoms. The molecular formula is C23H26N4O5. The maximum atomic E-state index is 13.4. The van der Waals surface area contributed by atoms with Crippen molar-refractivity contribution in [2.24, 2.45) is 5.41 Å². The number of amides is 4. The number of nitrogens with zero attached hydrogens (tertiary/aromatic N) is 2. The summed E-state index contributed by atoms with van der Waals surface area (Å²) >= 11 is 0. The molecule has 3 saturated heterocycles. The van der Waals surface area contributed by atoms with E-state index < -0.39 is 17.4 Å². The fourth-order valence-electron chi connectivity index (χ4n) is 5.95. The van der Waals surface area contributed by atoms with Crippen molar-refractivity contribution in [3.05, 3.63) is 23.8 Å². The molecule has 1 aromatic carbocycles. The highest BCUT2D eigenvalue weighted by molar-refractivity contribution is 6.16. The van der Waals surface area contributed by atoms with E-state index in [1.165, 1.54) is 4.90 Å². The minimum Gasteiger partial charge on any atom is -0.410 e. The average molecular weight is 438 g/mol. The maximum absolute atomic E-state index is 13.4. The van der Waals surface area contributed by atoms with Gasteiger partial charge in [-0.3, -0.25) is 24.6 Å². The lowest BCUT2D eigenvalue weighted by atomic mass is 9.87. The van der Waals surface area contributed by atoms with E-state index in [-0.39, 0.29) is 29.7 Å². The third-order valence-corrected chi connectivity index (χ3v) is 7.87. The first-order valence-electron chi connectivity index (χ1n) is 11.4. The summed E-state index contributed by atoms with van der Waals surface area (Å²) in [6, 6.07) is 4.57. The van der Waals surface area contributed by atoms with Crippen molar-refractivity contribution in [2.75, 3.05) is 31.1 Å². The number of ether oxygens (including phenoxy) is 1. The Morgan fingerprint density at radius 3 is 2.69 bits per heavy atom. The van der Waals surface area contributed by atoms with Gasteiger partial charge in [0.15, 0.2) is 0 Å². The smallest absolute Gasteiger partial charge is 0.410 e. The number of hydrogen-bond acceptors (Lipinski definition) is 6. The second-order valence-electron chi connectivity index (χ2n) is 9.84. The molecule has 4 amide bonds. The Balaban J connectivity index is 1.29. The van der Waals surface area contributed by atoms with Crippen molar-refractivity contribution in [1.29, 1.82) is 0 Å². The molecule has 2 spiro atoms. The quantitative estimate of drug-likeness (QED) is 0.669. The van der Waals surface area contributed by atoms with Crippen LogP contribution in [-0.4, -0.2) is 60.9 Å². The molecule has 4 heterocycles. The van der Waals surface area contributed by atoms with Gasteiger partial charge in [0.05, 0.1) is 11.1 Å². The largest absolute Gasteiger partial charge is 0.415 e. The number of hydrogen-bond donors (Lipinski definition) is 2. The van der Waals surface area contributed by atoms with Crippen LogP contribution in [0.3, 0.4) is 0 Å². The van der Waals surface area contributed by atoms with Crippen LogP contribution in [0.15, 0.2) is 18.2 Å². The number of fused-ring (bicyclic) bond motifs is 2. The number of carbonyl (C=O) groups excluding carboxylic acids is 4. The van der Waals surface area contributed by atoms with Crippen molar-refractivity contribution in [1.82, 2.24) is 15.5 Å². The van der Waals surface area contributed by atoms with Gasteiger partial charge in [0, 0.05) is 37.0 Å². The molecule has 168 valence electrons. The summed E-state index contributed by atoms with van der Waals surface area (Å²) in [6.45, 7) is 3.26. The molecular weight excluding hydrogens is 412 g/mol. The standard InChI is InChI=1S/C23H26N4O5/c28-17-5-4-15(19(29)25-17)27-14-2-1-3-16(18(14)23(6-7-23)20(27)30)32-21(31)26-11-9-22(13-26)8-10-24-12-22/h1-3,15,24H,4-13H2,(H,25,28,29). The number of nitrogens with one attached hydrogen (secondary N) is 2. The summed E-state index contributed by atoms with van der Waals surface area (Å²) in [7, 11) is 0. The molecule has 1 saturated carbocycles. The number of benzene rings is 1. The minimum atomic E-state index is -0.727. The zero-order valence-electron chi connectivity index (χ0n) is 17.8. The topological polar surface area (TPSA) is 108 Å². The number of likely N-dealkylation sites (tertiary alicyclic amines) is 1. The fourth-order valence-corrected chi connectivity index (χ4v) is 5.95. The molecule has 0 aromatic heterocycles. The predicted molar refractivity (Wildman–Crippen MR) is 113 cm³/mol. The van der Waals surface area contributed by atoms with Gasteiger partial charge in [0.25, 0.3) is 0 Å². The number of piperidine rings is 1. The van der Waals surface area contributed by atoms with Gasteiger partial charge in [-0.05, 0) is 50.8 Å². The Labute approximate surface area is 185 Å². The van der Waals surface area contributed by atoms with Crippen LogP contribution in [0.25, 0.3) is 0 Å². The van der Waals surface area contributed by atoms with Gasteiger partial charge in [-0.2, -0.15) is 0 Å². The van der Waals surface area contributed by atoms with E-state index in [9.17, 15) is 19.2 Å². The molecule has 6 rings (SSSR count). The predicted octanol–water partition coefficient (Wildman–Crippen LogP) is 1.05. The molecule has 32 heavy (non-hydrogen) atoms. The third kappa shape index (κ3) is 2.80. The molecule has 2 atom stereocenters. The van der Waals surface area contributed by atoms with Crippen LogP contribution in [0.2, 0.25) is 0 Å². The van der Waals surface area contributed by atoms with Crippen LogP contribution in [0.1, 0.15) is 44.1 Å². The number of anilines is 1. The Kier molecular flexibility index (Phi) is 4.18. The van der Waals surface area contributed by atoms with Crippen LogP contribution in [0, 0.1) is 5.41 Å². The summed E-state index contributed by atoms with van der Waals surface area (Å²) in [6.07, 6.45) is 3.46. The summed E-state index contributed by atoms with van der Waals surface area (Å²) in [5, 5.41) is 5.73. The second-order valence-corrected chi connectivity index (χ2v) is 9.84. The van der Waals surface area contributed by atoms with Crippen molar-refractivity contribution in [3.8, 4) is 5.75 Å². The Morgan fingerprint density at radius 2 is 1.97 bits per heavy atom. The number of imide groups is 1. The highest BCUT2D eigenvalue weighted by Crippen LogP contribution is 2.61. The normalized spacial score (nSPS) is 30.2. The minimum absolute atomic E-state index is 0.136. The molecule has 4 fully saturated rings. The molecule has 4 aliphatic heterocycles. The van der Waals surface area contributed by atoms with E-state index in [2.05, 4.69) is 10.6 Å². The van der Waals surface area contributed by atoms with Gasteiger partial charge in [-0.1, -0.05) is 6.07 Å². The Hall–Kier alpha value is -2.94. The maximum Gasteiger partial charge on any atom is 0.415 e. The molecule has 0 bridgehead atoms. The zero-order chi connectivity index (χ0) is 22.1. The summed E-state index contributed by atoms with van der Waals surface area (Å²) in [5.41, 5.74) is 0.744. The second kappa shape index (κ2) is 6.78. The van der Waals surface area contributed by atoms with Gasteiger partial charge in [-0.15, -0.1) is 0 Å². The third-order valence-electron chi connectivity index (χ3n) is 7.87. The summed E-state index contributed by atoms with van der Waals surface area (Å²) in [4.78, 5) is 53.9. The van der Waals surface area contributed by atoms with E-state index >= 15 is 0 Å². The molecule has 5 aliphatic rings. The molecule has 2 unspecified atom stereocenters. The zero-order valence-corrected chi connectivity index (χ0v) is 17.8. The lowest BCUT2D eigenvalue weighted by Gasteiger charge is -2.30. The van der Waals surface area contributed by atoms with Crippen molar-refractivity contribution in [2.45, 2.75) is 50.0 Å². The van der Waals surface area contributed by atoms with Gasteiger partial charge >= 0.3 is 6.09 Å². The lowest BCUT2D eigenvalue weighted by molar-refractivity contribution is -0.135. The van der Waals surface area contributed by atoms with E-state index in [0.717, 1.165) is 25.9 Å². The van der Waals surface area contributed by atoms with Crippen molar-refractivity contribution >= 4 is 29.5 Å². The average Bonchev–Trinajstić information content (AvgIpc) is 3.14. The summed E-state index contributed by atoms with van der Waals surface area (Å²) in [5.74, 6) is -0.503. The van der Waals surface area contributed by atoms with Crippen molar-refractivity contribution in [3.63, 3.8) is 0 Å². The van der Waals surface area contributed by atoms with E-state index in [0.29, 0.717) is 49.4 Å². The van der Waals surface area contributed by atoms with Crippen molar-refractivity contribution < 1.29 is 23.9 Å². The SMILES string of the molecule is O=C1CCC(N2C(=O)C3(CC3)c3c(OC(=O)N4CCC5(CCNC5)C4)cccc32)C(=O)N1. The van der Waals surface area contributed by atoms with Crippen LogP contribution in [0.4, 0.5) is 10.5 Å². The molecule has 1 aliphatic carbocycles. The number of rotatable bonds is 2. The van der Waals surface area contributed by atoms with Crippen LogP contribution < -0.4 is 20.3 Å². The van der Waals surface area contributed by atoms with E-state index in [1.54, 1.807) is 23.1 Å². The lowest BCUT2D eigenvalue weighted by Crippen LogP contribution is -2.54. The Bertz CT molecular complexity index is 1040. The highest BCUT2D eigenvalue weighted by Gasteiger charge is 2.62. The van der Waals surface area contributed by atoms with Gasteiger partial charge in [0.2, 0.25) is 17.7 Å². The molecule has 2 N–H and O–H groups in total. The first-order chi connectivity index (χ1) is 15.4. The Morgan fingerprint density at radius 1 is 1.12 bits per heavy atom. The first kappa shape index (κ1) is 19.7. The molecule has 1 aromatic rings. The highest BCUT2D eigenvalue weighted by atomic mass is 16.6. The van der Waals surface area contributed by atoms with Gasteiger partial charge < -0.3 is 15.0 Å². The fraction of sp³-hybridized carbons (Fsp3) is 0.565.